The van der Waals surface area contributed by atoms with Crippen molar-refractivity contribution in [2.24, 2.45) is 16.2 Å². The molecule has 0 spiro atoms. The Hall–Kier alpha value is -0.0800. The summed E-state index contributed by atoms with van der Waals surface area (Å²) in [7, 11) is 0. The van der Waals surface area contributed by atoms with Crippen LogP contribution in [0.25, 0.3) is 0 Å². The van der Waals surface area contributed by atoms with E-state index in [2.05, 4.69) is 13.8 Å². The summed E-state index contributed by atoms with van der Waals surface area (Å²) in [5.41, 5.74) is -0.883. The van der Waals surface area contributed by atoms with Gasteiger partial charge in [0, 0.05) is 5.41 Å². The number of unbranched alkanes of at least 4 members (excludes halogenated alkanes) is 2. The van der Waals surface area contributed by atoms with Gasteiger partial charge in [-0.3, -0.25) is 0 Å². The van der Waals surface area contributed by atoms with Gasteiger partial charge in [-0.1, -0.05) is 74.7 Å². The van der Waals surface area contributed by atoms with Crippen LogP contribution in [0.15, 0.2) is 0 Å². The van der Waals surface area contributed by atoms with Gasteiger partial charge >= 0.3 is 0 Å². The Morgan fingerprint density at radius 1 is 0.737 bits per heavy atom. The Balaban J connectivity index is 5.23. The van der Waals surface area contributed by atoms with Crippen molar-refractivity contribution in [3.63, 3.8) is 0 Å². The monoisotopic (exact) mass is 272 g/mol. The molecule has 0 aliphatic carbocycles. The van der Waals surface area contributed by atoms with Gasteiger partial charge in [-0.15, -0.1) is 0 Å². The lowest BCUT2D eigenvalue weighted by Crippen LogP contribution is -2.53. The summed E-state index contributed by atoms with van der Waals surface area (Å²) in [6.07, 6.45) is 3.24. The molecule has 116 valence electrons. The molecule has 0 bridgehead atoms. The van der Waals surface area contributed by atoms with Crippen molar-refractivity contribution in [1.82, 2.24) is 0 Å². The van der Waals surface area contributed by atoms with E-state index in [1.165, 1.54) is 0 Å². The smallest absolute Gasteiger partial charge is 0.0666 e. The molecule has 0 aromatic rings. The number of hydrogen-bond acceptors (Lipinski definition) is 2. The van der Waals surface area contributed by atoms with Crippen LogP contribution in [0.4, 0.5) is 0 Å². The molecule has 0 aromatic carbocycles. The Kier molecular flexibility index (Phi) is 6.55. The van der Waals surface area contributed by atoms with E-state index >= 15 is 0 Å². The van der Waals surface area contributed by atoms with Gasteiger partial charge in [0.2, 0.25) is 0 Å². The third-order valence-electron chi connectivity index (χ3n) is 4.21. The zero-order valence-corrected chi connectivity index (χ0v) is 14.4. The molecule has 0 aliphatic heterocycles. The predicted octanol–water partition coefficient (Wildman–Crippen LogP) is 4.39. The predicted molar refractivity (Wildman–Crippen MR) is 83.2 cm³/mol. The van der Waals surface area contributed by atoms with Crippen LogP contribution in [-0.2, 0) is 0 Å². The average Bonchev–Trinajstić information content (AvgIpc) is 2.24. The lowest BCUT2D eigenvalue weighted by molar-refractivity contribution is -0.142. The molecule has 0 fully saturated rings. The van der Waals surface area contributed by atoms with Gasteiger partial charge in [0.1, 0.15) is 0 Å². The standard InChI is InChI=1S/C17H36O2/c1-9-10-11-12-17(8,13(18)15(2,3)4)14(19)16(5,6)7/h13-14,18-19H,9-12H2,1-8H3. The van der Waals surface area contributed by atoms with Crippen molar-refractivity contribution < 1.29 is 10.2 Å². The van der Waals surface area contributed by atoms with E-state index in [9.17, 15) is 10.2 Å². The maximum Gasteiger partial charge on any atom is 0.0666 e. The normalized spacial score (nSPS) is 19.9. The molecule has 0 aliphatic rings. The second-order valence-corrected chi connectivity index (χ2v) is 8.50. The molecule has 2 atom stereocenters. The van der Waals surface area contributed by atoms with Gasteiger partial charge in [-0.25, -0.2) is 0 Å². The Morgan fingerprint density at radius 3 is 1.37 bits per heavy atom. The molecule has 2 heteroatoms. The highest BCUT2D eigenvalue weighted by Gasteiger charge is 2.48. The van der Waals surface area contributed by atoms with Crippen molar-refractivity contribution in [3.05, 3.63) is 0 Å². The van der Waals surface area contributed by atoms with Crippen molar-refractivity contribution in [2.75, 3.05) is 0 Å². The number of aliphatic hydroxyl groups excluding tert-OH is 2. The van der Waals surface area contributed by atoms with Crippen LogP contribution in [0.5, 0.6) is 0 Å². The molecule has 0 saturated heterocycles. The fourth-order valence-electron chi connectivity index (χ4n) is 3.16. The van der Waals surface area contributed by atoms with Gasteiger partial charge < -0.3 is 10.2 Å². The maximum atomic E-state index is 10.8. The van der Waals surface area contributed by atoms with Gasteiger partial charge in [-0.2, -0.15) is 0 Å². The van der Waals surface area contributed by atoms with E-state index in [0.717, 1.165) is 25.7 Å². The van der Waals surface area contributed by atoms with Crippen molar-refractivity contribution >= 4 is 0 Å². The largest absolute Gasteiger partial charge is 0.392 e. The molecule has 2 unspecified atom stereocenters. The SMILES string of the molecule is CCCCCC(C)(C(O)C(C)(C)C)C(O)C(C)(C)C. The highest BCUT2D eigenvalue weighted by atomic mass is 16.3. The molecular weight excluding hydrogens is 236 g/mol. The topological polar surface area (TPSA) is 40.5 Å². The fourth-order valence-corrected chi connectivity index (χ4v) is 3.16. The second kappa shape index (κ2) is 6.58. The molecule has 0 saturated carbocycles. The van der Waals surface area contributed by atoms with E-state index in [1.54, 1.807) is 0 Å². The molecule has 0 heterocycles. The first-order valence-electron chi connectivity index (χ1n) is 7.73. The Morgan fingerprint density at radius 2 is 1.11 bits per heavy atom. The van der Waals surface area contributed by atoms with Crippen LogP contribution in [0.3, 0.4) is 0 Å². The Labute approximate surface area is 120 Å². The van der Waals surface area contributed by atoms with Crippen LogP contribution < -0.4 is 0 Å². The molecule has 19 heavy (non-hydrogen) atoms. The summed E-state index contributed by atoms with van der Waals surface area (Å²) < 4.78 is 0. The molecule has 2 N–H and O–H groups in total. The molecule has 0 rings (SSSR count). The van der Waals surface area contributed by atoms with E-state index in [-0.39, 0.29) is 10.8 Å². The van der Waals surface area contributed by atoms with Crippen LogP contribution in [0, 0.1) is 16.2 Å². The lowest BCUT2D eigenvalue weighted by atomic mass is 9.61. The molecule has 0 radical (unpaired) electrons. The van der Waals surface area contributed by atoms with E-state index < -0.39 is 17.6 Å². The van der Waals surface area contributed by atoms with E-state index in [0.29, 0.717) is 0 Å². The highest BCUT2D eigenvalue weighted by molar-refractivity contribution is 4.98. The molecule has 0 amide bonds. The van der Waals surface area contributed by atoms with Crippen LogP contribution in [0.2, 0.25) is 0 Å². The van der Waals surface area contributed by atoms with E-state index in [1.807, 2.05) is 41.5 Å². The number of rotatable bonds is 6. The summed E-state index contributed by atoms with van der Waals surface area (Å²) in [5, 5.41) is 21.6. The number of hydrogen-bond donors (Lipinski definition) is 2. The summed E-state index contributed by atoms with van der Waals surface area (Å²) in [4.78, 5) is 0. The first kappa shape index (κ1) is 18.9. The highest BCUT2D eigenvalue weighted by Crippen LogP contribution is 2.45. The minimum absolute atomic E-state index is 0.215. The molecule has 2 nitrogen and oxygen atoms in total. The first-order valence-corrected chi connectivity index (χ1v) is 7.73. The third-order valence-corrected chi connectivity index (χ3v) is 4.21. The Bertz CT molecular complexity index is 237. The summed E-state index contributed by atoms with van der Waals surface area (Å²) >= 11 is 0. The van der Waals surface area contributed by atoms with Crippen LogP contribution in [-0.4, -0.2) is 22.4 Å². The summed E-state index contributed by atoms with van der Waals surface area (Å²) in [5.74, 6) is 0. The van der Waals surface area contributed by atoms with Gasteiger partial charge in [0.15, 0.2) is 0 Å². The van der Waals surface area contributed by atoms with Crippen molar-refractivity contribution in [2.45, 2.75) is 93.3 Å². The zero-order chi connectivity index (χ0) is 15.5. The third kappa shape index (κ3) is 5.07. The summed E-state index contributed by atoms with van der Waals surface area (Å²) in [6, 6.07) is 0. The minimum atomic E-state index is -0.508. The quantitative estimate of drug-likeness (QED) is 0.704. The number of aliphatic hydroxyl groups is 2. The van der Waals surface area contributed by atoms with E-state index in [4.69, 9.17) is 0 Å². The zero-order valence-electron chi connectivity index (χ0n) is 14.4. The van der Waals surface area contributed by atoms with Gasteiger partial charge in [0.05, 0.1) is 12.2 Å². The van der Waals surface area contributed by atoms with Gasteiger partial charge in [0.25, 0.3) is 0 Å². The van der Waals surface area contributed by atoms with Gasteiger partial charge in [-0.05, 0) is 17.3 Å². The van der Waals surface area contributed by atoms with Crippen LogP contribution in [0.1, 0.15) is 81.1 Å². The average molecular weight is 272 g/mol. The fraction of sp³-hybridized carbons (Fsp3) is 1.00. The molecule has 0 aromatic heterocycles. The second-order valence-electron chi connectivity index (χ2n) is 8.50. The van der Waals surface area contributed by atoms with Crippen molar-refractivity contribution in [3.8, 4) is 0 Å². The molecular formula is C17H36O2. The lowest BCUT2D eigenvalue weighted by Gasteiger charge is -2.48. The van der Waals surface area contributed by atoms with Crippen molar-refractivity contribution in [1.29, 1.82) is 0 Å². The minimum Gasteiger partial charge on any atom is -0.392 e. The maximum absolute atomic E-state index is 10.8. The first-order chi connectivity index (χ1) is 8.37. The summed E-state index contributed by atoms with van der Waals surface area (Å²) in [6.45, 7) is 16.5. The van der Waals surface area contributed by atoms with Crippen LogP contribution >= 0.6 is 0 Å².